The van der Waals surface area contributed by atoms with Gasteiger partial charge < -0.3 is 14.9 Å². The first-order valence-electron chi connectivity index (χ1n) is 9.59. The van der Waals surface area contributed by atoms with E-state index in [4.69, 9.17) is 0 Å². The predicted octanol–water partition coefficient (Wildman–Crippen LogP) is 3.80. The maximum Gasteiger partial charge on any atom is 0.264 e. The lowest BCUT2D eigenvalue weighted by Gasteiger charge is -2.36. The van der Waals surface area contributed by atoms with Gasteiger partial charge in [0.05, 0.1) is 0 Å². The van der Waals surface area contributed by atoms with Gasteiger partial charge in [-0.3, -0.25) is 4.79 Å². The van der Waals surface area contributed by atoms with E-state index in [1.54, 1.807) is 11.0 Å². The smallest absolute Gasteiger partial charge is 0.264 e. The van der Waals surface area contributed by atoms with Gasteiger partial charge in [-0.2, -0.15) is 5.26 Å². The van der Waals surface area contributed by atoms with Gasteiger partial charge in [0.15, 0.2) is 0 Å². The Hall–Kier alpha value is -3.78. The summed E-state index contributed by atoms with van der Waals surface area (Å²) < 4.78 is 0. The highest BCUT2D eigenvalue weighted by Gasteiger charge is 2.24. The molecule has 29 heavy (non-hydrogen) atoms. The van der Waals surface area contributed by atoms with Crippen molar-refractivity contribution >= 4 is 28.4 Å². The molecule has 0 atom stereocenters. The Kier molecular flexibility index (Phi) is 5.17. The van der Waals surface area contributed by atoms with Gasteiger partial charge in [0, 0.05) is 37.4 Å². The summed E-state index contributed by atoms with van der Waals surface area (Å²) in [5.74, 6) is -0.245. The monoisotopic (exact) mass is 383 g/mol. The van der Waals surface area contributed by atoms with Crippen molar-refractivity contribution in [3.05, 3.63) is 77.9 Å². The Morgan fingerprint density at radius 3 is 2.34 bits per heavy atom. The zero-order valence-corrected chi connectivity index (χ0v) is 16.0. The number of para-hydroxylation sites is 1. The fourth-order valence-corrected chi connectivity index (χ4v) is 3.70. The van der Waals surface area contributed by atoms with E-state index >= 15 is 0 Å². The second kappa shape index (κ2) is 8.07. The molecule has 0 aliphatic carbocycles. The van der Waals surface area contributed by atoms with Crippen LogP contribution in [-0.4, -0.2) is 42.1 Å². The molecular formula is C24H21N3O2. The van der Waals surface area contributed by atoms with Gasteiger partial charge in [-0.25, -0.2) is 0 Å². The zero-order valence-electron chi connectivity index (χ0n) is 16.0. The molecule has 3 aromatic carbocycles. The van der Waals surface area contributed by atoms with E-state index in [1.807, 2.05) is 54.6 Å². The van der Waals surface area contributed by atoms with Crippen LogP contribution in [0.1, 0.15) is 5.56 Å². The summed E-state index contributed by atoms with van der Waals surface area (Å²) in [5, 5.41) is 21.7. The molecule has 0 aromatic heterocycles. The number of hydrogen-bond donors (Lipinski definition) is 1. The molecule has 3 aromatic rings. The number of phenolic OH excluding ortho intramolecular Hbond substituents is 1. The van der Waals surface area contributed by atoms with Crippen molar-refractivity contribution < 1.29 is 9.90 Å². The Morgan fingerprint density at radius 1 is 0.931 bits per heavy atom. The summed E-state index contributed by atoms with van der Waals surface area (Å²) in [6.07, 6.45) is 1.50. The molecule has 5 heteroatoms. The summed E-state index contributed by atoms with van der Waals surface area (Å²) in [6, 6.07) is 23.1. The van der Waals surface area contributed by atoms with Crippen LogP contribution in [0.25, 0.3) is 16.8 Å². The number of piperazine rings is 1. The number of nitrogens with zero attached hydrogens (tertiary/aromatic N) is 3. The van der Waals surface area contributed by atoms with Crippen LogP contribution in [0, 0.1) is 11.3 Å². The molecule has 1 saturated heterocycles. The lowest BCUT2D eigenvalue weighted by Crippen LogP contribution is -2.49. The summed E-state index contributed by atoms with van der Waals surface area (Å²) in [5.41, 5.74) is 1.66. The van der Waals surface area contributed by atoms with Gasteiger partial charge in [-0.15, -0.1) is 0 Å². The molecule has 1 aliphatic rings. The Morgan fingerprint density at radius 2 is 1.62 bits per heavy atom. The van der Waals surface area contributed by atoms with Gasteiger partial charge >= 0.3 is 0 Å². The number of aromatic hydroxyl groups is 1. The van der Waals surface area contributed by atoms with Crippen molar-refractivity contribution in [2.24, 2.45) is 0 Å². The minimum Gasteiger partial charge on any atom is -0.507 e. The molecule has 1 heterocycles. The quantitative estimate of drug-likeness (QED) is 0.552. The number of carbonyl (C=O) groups excluding carboxylic acids is 1. The van der Waals surface area contributed by atoms with Crippen LogP contribution in [0.3, 0.4) is 0 Å². The van der Waals surface area contributed by atoms with E-state index in [1.165, 1.54) is 6.08 Å². The minimum absolute atomic E-state index is 0.0322. The second-order valence-corrected chi connectivity index (χ2v) is 7.00. The lowest BCUT2D eigenvalue weighted by molar-refractivity contribution is -0.126. The van der Waals surface area contributed by atoms with Crippen LogP contribution < -0.4 is 4.90 Å². The molecule has 0 saturated carbocycles. The van der Waals surface area contributed by atoms with E-state index in [2.05, 4.69) is 17.0 Å². The highest BCUT2D eigenvalue weighted by Crippen LogP contribution is 2.29. The number of rotatable bonds is 3. The van der Waals surface area contributed by atoms with E-state index in [0.717, 1.165) is 16.5 Å². The van der Waals surface area contributed by atoms with Crippen LogP contribution >= 0.6 is 0 Å². The number of phenols is 1. The van der Waals surface area contributed by atoms with E-state index in [9.17, 15) is 15.2 Å². The summed E-state index contributed by atoms with van der Waals surface area (Å²) in [7, 11) is 0. The van der Waals surface area contributed by atoms with Crippen molar-refractivity contribution in [3.63, 3.8) is 0 Å². The third kappa shape index (κ3) is 3.78. The number of nitriles is 1. The van der Waals surface area contributed by atoms with Gasteiger partial charge in [-0.1, -0.05) is 48.5 Å². The fraction of sp³-hybridized carbons (Fsp3) is 0.167. The third-order valence-electron chi connectivity index (χ3n) is 5.28. The number of anilines is 1. The maximum atomic E-state index is 13.0. The highest BCUT2D eigenvalue weighted by atomic mass is 16.3. The molecule has 5 nitrogen and oxygen atoms in total. The van der Waals surface area contributed by atoms with E-state index in [0.29, 0.717) is 31.7 Å². The number of fused-ring (bicyclic) bond motifs is 1. The lowest BCUT2D eigenvalue weighted by atomic mass is 10.0. The van der Waals surface area contributed by atoms with Gasteiger partial charge in [0.2, 0.25) is 0 Å². The zero-order chi connectivity index (χ0) is 20.2. The average Bonchev–Trinajstić information content (AvgIpc) is 2.79. The van der Waals surface area contributed by atoms with Crippen molar-refractivity contribution in [1.29, 1.82) is 5.26 Å². The summed E-state index contributed by atoms with van der Waals surface area (Å²) >= 11 is 0. The molecule has 0 radical (unpaired) electrons. The molecule has 1 fully saturated rings. The molecule has 0 spiro atoms. The molecule has 1 amide bonds. The summed E-state index contributed by atoms with van der Waals surface area (Å²) in [4.78, 5) is 16.9. The topological polar surface area (TPSA) is 67.6 Å². The fourth-order valence-electron chi connectivity index (χ4n) is 3.70. The largest absolute Gasteiger partial charge is 0.507 e. The van der Waals surface area contributed by atoms with E-state index < -0.39 is 0 Å². The SMILES string of the molecule is N#C/C(=C\c1c(O)ccc2ccccc12)C(=O)N1CCN(c2ccccc2)CC1. The Labute approximate surface area is 169 Å². The van der Waals surface area contributed by atoms with E-state index in [-0.39, 0.29) is 17.2 Å². The van der Waals surface area contributed by atoms with Gasteiger partial charge in [0.1, 0.15) is 17.4 Å². The molecule has 1 aliphatic heterocycles. The molecule has 4 rings (SSSR count). The number of carbonyl (C=O) groups is 1. The standard InChI is InChI=1S/C24H21N3O2/c25-17-19(16-22-21-9-5-4-6-18(21)10-11-23(22)28)24(29)27-14-12-26(13-15-27)20-7-2-1-3-8-20/h1-11,16,28H,12-15H2/b19-16+. The highest BCUT2D eigenvalue weighted by molar-refractivity contribution is 6.05. The molecule has 0 unspecified atom stereocenters. The van der Waals surface area contributed by atoms with Crippen LogP contribution in [-0.2, 0) is 4.79 Å². The van der Waals surface area contributed by atoms with Crippen LogP contribution in [0.4, 0.5) is 5.69 Å². The molecule has 0 bridgehead atoms. The van der Waals surface area contributed by atoms with Crippen molar-refractivity contribution in [3.8, 4) is 11.8 Å². The van der Waals surface area contributed by atoms with Gasteiger partial charge in [0.25, 0.3) is 5.91 Å². The van der Waals surface area contributed by atoms with Crippen molar-refractivity contribution in [2.75, 3.05) is 31.1 Å². The van der Waals surface area contributed by atoms with Crippen LogP contribution in [0.5, 0.6) is 5.75 Å². The van der Waals surface area contributed by atoms with Crippen LogP contribution in [0.15, 0.2) is 72.3 Å². The molecule has 144 valence electrons. The minimum atomic E-state index is -0.299. The predicted molar refractivity (Wildman–Crippen MR) is 114 cm³/mol. The maximum absolute atomic E-state index is 13.0. The number of benzene rings is 3. The first-order valence-corrected chi connectivity index (χ1v) is 9.59. The Balaban J connectivity index is 1.56. The normalized spacial score (nSPS) is 14.7. The third-order valence-corrected chi connectivity index (χ3v) is 5.28. The summed E-state index contributed by atoms with van der Waals surface area (Å²) in [6.45, 7) is 2.53. The van der Waals surface area contributed by atoms with Crippen LogP contribution in [0.2, 0.25) is 0 Å². The first-order chi connectivity index (χ1) is 14.2. The number of hydrogen-bond acceptors (Lipinski definition) is 4. The van der Waals surface area contributed by atoms with Gasteiger partial charge in [-0.05, 0) is 35.0 Å². The second-order valence-electron chi connectivity index (χ2n) is 7.00. The van der Waals surface area contributed by atoms with Crippen molar-refractivity contribution in [1.82, 2.24) is 4.90 Å². The molecule has 1 N–H and O–H groups in total. The Bertz CT molecular complexity index is 1110. The first kappa shape index (κ1) is 18.6. The molecular weight excluding hydrogens is 362 g/mol. The average molecular weight is 383 g/mol. The van der Waals surface area contributed by atoms with Crippen molar-refractivity contribution in [2.45, 2.75) is 0 Å². The number of amides is 1.